The molecule has 1 aromatic rings. The van der Waals surface area contributed by atoms with Crippen molar-refractivity contribution < 1.29 is 4.79 Å². The van der Waals surface area contributed by atoms with Crippen molar-refractivity contribution in [3.05, 3.63) is 30.6 Å². The van der Waals surface area contributed by atoms with E-state index < -0.39 is 0 Å². The van der Waals surface area contributed by atoms with E-state index in [0.717, 1.165) is 0 Å². The molecule has 1 rings (SSSR count). The van der Waals surface area contributed by atoms with Gasteiger partial charge >= 0.3 is 0 Å². The average Bonchev–Trinajstić information content (AvgIpc) is 1.90. The van der Waals surface area contributed by atoms with E-state index in [2.05, 4.69) is 10.7 Å². The normalized spacial score (nSPS) is 6.08. The molecule has 0 unspecified atom stereocenters. The van der Waals surface area contributed by atoms with Crippen LogP contribution in [0.25, 0.3) is 0 Å². The van der Waals surface area contributed by atoms with Crippen LogP contribution in [-0.4, -0.2) is 10.9 Å². The van der Waals surface area contributed by atoms with Gasteiger partial charge in [-0.3, -0.25) is 9.78 Å². The maximum Gasteiger partial charge on any atom is 0.214 e. The summed E-state index contributed by atoms with van der Waals surface area (Å²) in [6.45, 7) is 1.31. The van der Waals surface area contributed by atoms with Crippen molar-refractivity contribution >= 4 is 30.7 Å². The molecule has 0 bridgehead atoms. The van der Waals surface area contributed by atoms with Crippen molar-refractivity contribution in [3.63, 3.8) is 0 Å². The fourth-order valence-corrected chi connectivity index (χ4v) is 0.313. The summed E-state index contributed by atoms with van der Waals surface area (Å²) < 4.78 is 0. The molecule has 1 amide bonds. The lowest BCUT2D eigenvalue weighted by molar-refractivity contribution is -0.115. The summed E-state index contributed by atoms with van der Waals surface area (Å²) in [4.78, 5) is 13.0. The van der Waals surface area contributed by atoms with Gasteiger partial charge in [-0.15, -0.1) is 24.8 Å². The molecular formula is C7H12Cl2N2O. The Bertz CT molecular complexity index is 151. The van der Waals surface area contributed by atoms with E-state index in [-0.39, 0.29) is 30.7 Å². The van der Waals surface area contributed by atoms with Gasteiger partial charge in [0.25, 0.3) is 0 Å². The van der Waals surface area contributed by atoms with Gasteiger partial charge in [0.05, 0.1) is 0 Å². The van der Waals surface area contributed by atoms with Crippen molar-refractivity contribution in [3.8, 4) is 0 Å². The molecule has 0 radical (unpaired) electrons. The third kappa shape index (κ3) is 22.9. The number of halogens is 2. The molecule has 0 aromatic carbocycles. The number of carbonyl (C=O) groups is 1. The highest BCUT2D eigenvalue weighted by Crippen LogP contribution is 1.73. The van der Waals surface area contributed by atoms with Gasteiger partial charge in [-0.1, -0.05) is 6.07 Å². The van der Waals surface area contributed by atoms with Gasteiger partial charge in [-0.25, -0.2) is 0 Å². The molecule has 0 aliphatic rings. The Labute approximate surface area is 84.2 Å². The van der Waals surface area contributed by atoms with Gasteiger partial charge < -0.3 is 5.73 Å². The van der Waals surface area contributed by atoms with E-state index in [1.807, 2.05) is 18.2 Å². The summed E-state index contributed by atoms with van der Waals surface area (Å²) in [5.74, 6) is -0.333. The molecule has 0 spiro atoms. The molecule has 5 heteroatoms. The molecule has 0 saturated heterocycles. The van der Waals surface area contributed by atoms with Crippen LogP contribution in [0, 0.1) is 0 Å². The zero-order valence-electron chi connectivity index (χ0n) is 6.64. The van der Waals surface area contributed by atoms with Crippen molar-refractivity contribution in [2.24, 2.45) is 5.73 Å². The van der Waals surface area contributed by atoms with E-state index in [1.165, 1.54) is 6.92 Å². The summed E-state index contributed by atoms with van der Waals surface area (Å²) in [6, 6.07) is 5.72. The van der Waals surface area contributed by atoms with Crippen LogP contribution in [0.3, 0.4) is 0 Å². The van der Waals surface area contributed by atoms with E-state index in [1.54, 1.807) is 12.4 Å². The maximum atomic E-state index is 9.22. The van der Waals surface area contributed by atoms with E-state index in [4.69, 9.17) is 0 Å². The fraction of sp³-hybridized carbons (Fsp3) is 0.143. The summed E-state index contributed by atoms with van der Waals surface area (Å²) >= 11 is 0. The third-order valence-electron chi connectivity index (χ3n) is 0.566. The third-order valence-corrected chi connectivity index (χ3v) is 0.566. The minimum atomic E-state index is -0.333. The SMILES string of the molecule is CC(N)=O.Cl.Cl.c1ccncc1. The number of rotatable bonds is 0. The monoisotopic (exact) mass is 210 g/mol. The number of nitrogens with two attached hydrogens (primary N) is 1. The summed E-state index contributed by atoms with van der Waals surface area (Å²) in [5, 5.41) is 0. The first-order valence-corrected chi connectivity index (χ1v) is 2.84. The van der Waals surface area contributed by atoms with Gasteiger partial charge in [-0.2, -0.15) is 0 Å². The number of amides is 1. The second-order valence-corrected chi connectivity index (χ2v) is 1.64. The number of aromatic nitrogens is 1. The van der Waals surface area contributed by atoms with Gasteiger partial charge in [-0.05, 0) is 12.1 Å². The second-order valence-electron chi connectivity index (χ2n) is 1.64. The van der Waals surface area contributed by atoms with Gasteiger partial charge in [0.1, 0.15) is 0 Å². The number of carbonyl (C=O) groups excluding carboxylic acids is 1. The molecule has 0 aliphatic heterocycles. The predicted octanol–water partition coefficient (Wildman–Crippen LogP) is 1.42. The largest absolute Gasteiger partial charge is 0.370 e. The first-order valence-electron chi connectivity index (χ1n) is 2.84. The highest BCUT2D eigenvalue weighted by molar-refractivity contribution is 5.85. The molecule has 0 aliphatic carbocycles. The Hall–Kier alpha value is -0.800. The molecule has 0 saturated carbocycles. The number of pyridine rings is 1. The summed E-state index contributed by atoms with van der Waals surface area (Å²) in [5.41, 5.74) is 4.47. The second kappa shape index (κ2) is 12.8. The van der Waals surface area contributed by atoms with Crippen LogP contribution in [0.1, 0.15) is 6.92 Å². The van der Waals surface area contributed by atoms with Gasteiger partial charge in [0.2, 0.25) is 5.91 Å². The molecule has 2 N–H and O–H groups in total. The first-order chi connectivity index (χ1) is 4.73. The minimum absolute atomic E-state index is 0. The topological polar surface area (TPSA) is 56.0 Å². The zero-order valence-corrected chi connectivity index (χ0v) is 8.27. The lowest BCUT2D eigenvalue weighted by Crippen LogP contribution is -2.01. The molecular weight excluding hydrogens is 199 g/mol. The van der Waals surface area contributed by atoms with Crippen molar-refractivity contribution in [2.45, 2.75) is 6.92 Å². The van der Waals surface area contributed by atoms with Crippen molar-refractivity contribution in [1.82, 2.24) is 4.98 Å². The Kier molecular flexibility index (Phi) is 18.5. The summed E-state index contributed by atoms with van der Waals surface area (Å²) in [7, 11) is 0. The van der Waals surface area contributed by atoms with Crippen molar-refractivity contribution in [2.75, 3.05) is 0 Å². The molecule has 1 heterocycles. The molecule has 0 fully saturated rings. The average molecular weight is 211 g/mol. The van der Waals surface area contributed by atoms with E-state index in [9.17, 15) is 4.79 Å². The molecule has 0 atom stereocenters. The van der Waals surface area contributed by atoms with Gasteiger partial charge in [0, 0.05) is 19.3 Å². The summed E-state index contributed by atoms with van der Waals surface area (Å²) in [6.07, 6.45) is 3.50. The molecule has 3 nitrogen and oxygen atoms in total. The predicted molar refractivity (Wildman–Crippen MR) is 53.6 cm³/mol. The molecule has 70 valence electrons. The highest BCUT2D eigenvalue weighted by Gasteiger charge is 1.61. The van der Waals surface area contributed by atoms with Crippen molar-refractivity contribution in [1.29, 1.82) is 0 Å². The molecule has 12 heavy (non-hydrogen) atoms. The highest BCUT2D eigenvalue weighted by atomic mass is 35.5. The Balaban J connectivity index is -0.000000124. The fourth-order valence-electron chi connectivity index (χ4n) is 0.313. The van der Waals surface area contributed by atoms with E-state index >= 15 is 0 Å². The lowest BCUT2D eigenvalue weighted by Gasteiger charge is -1.70. The Morgan fingerprint density at radius 3 is 1.58 bits per heavy atom. The van der Waals surface area contributed by atoms with Crippen LogP contribution in [0.2, 0.25) is 0 Å². The minimum Gasteiger partial charge on any atom is -0.370 e. The van der Waals surface area contributed by atoms with Crippen LogP contribution in [0.15, 0.2) is 30.6 Å². The number of primary amides is 1. The van der Waals surface area contributed by atoms with Crippen LogP contribution in [-0.2, 0) is 4.79 Å². The number of hydrogen-bond donors (Lipinski definition) is 1. The lowest BCUT2D eigenvalue weighted by atomic mass is 10.5. The number of hydrogen-bond acceptors (Lipinski definition) is 2. The van der Waals surface area contributed by atoms with Crippen LogP contribution < -0.4 is 5.73 Å². The quantitative estimate of drug-likeness (QED) is 0.705. The molecule has 1 aromatic heterocycles. The van der Waals surface area contributed by atoms with Gasteiger partial charge in [0.15, 0.2) is 0 Å². The first kappa shape index (κ1) is 17.3. The standard InChI is InChI=1S/C5H5N.C2H5NO.2ClH/c1-2-4-6-5-3-1;1-2(3)4;;/h1-5H;1H3,(H2,3,4);2*1H. The van der Waals surface area contributed by atoms with Crippen LogP contribution in [0.4, 0.5) is 0 Å². The van der Waals surface area contributed by atoms with E-state index in [0.29, 0.717) is 0 Å². The maximum absolute atomic E-state index is 9.22. The zero-order chi connectivity index (χ0) is 7.82. The Morgan fingerprint density at radius 2 is 1.50 bits per heavy atom. The number of nitrogens with zero attached hydrogens (tertiary/aromatic N) is 1. The Morgan fingerprint density at radius 1 is 1.17 bits per heavy atom. The van der Waals surface area contributed by atoms with Crippen LogP contribution in [0.5, 0.6) is 0 Å². The van der Waals surface area contributed by atoms with Crippen LogP contribution >= 0.6 is 24.8 Å². The smallest absolute Gasteiger partial charge is 0.214 e.